The van der Waals surface area contributed by atoms with Gasteiger partial charge in [0.1, 0.15) is 0 Å². The van der Waals surface area contributed by atoms with Crippen LogP contribution in [0.25, 0.3) is 21.7 Å². The van der Waals surface area contributed by atoms with Crippen molar-refractivity contribution in [1.29, 1.82) is 0 Å². The van der Waals surface area contributed by atoms with Crippen molar-refractivity contribution in [2.24, 2.45) is 5.92 Å². The first-order valence-electron chi connectivity index (χ1n) is 10.5. The van der Waals surface area contributed by atoms with Gasteiger partial charge in [0.2, 0.25) is 0 Å². The lowest BCUT2D eigenvalue weighted by Crippen LogP contribution is -2.21. The van der Waals surface area contributed by atoms with Gasteiger partial charge in [-0.2, -0.15) is 18.3 Å². The zero-order valence-electron chi connectivity index (χ0n) is 18.7. The summed E-state index contributed by atoms with van der Waals surface area (Å²) in [6.07, 6.45) is -1.80. The molecule has 2 aromatic heterocycles. The number of carboxylic acid groups (broad SMARTS) is 1. The molecule has 3 heterocycles. The topological polar surface area (TPSA) is 87.5 Å². The lowest BCUT2D eigenvalue weighted by molar-refractivity contribution is -0.192. The monoisotopic (exact) mass is 494 g/mol. The molecule has 0 aliphatic carbocycles. The maximum atomic E-state index is 12.1. The molecule has 0 radical (unpaired) electrons. The van der Waals surface area contributed by atoms with Crippen LogP contribution in [-0.4, -0.2) is 65.0 Å². The molecule has 4 rings (SSSR count). The number of carbonyl (C=O) groups is 2. The molecule has 1 aliphatic rings. The number of thiophene rings is 1. The van der Waals surface area contributed by atoms with E-state index < -0.39 is 12.1 Å². The maximum absolute atomic E-state index is 12.1. The van der Waals surface area contributed by atoms with Crippen LogP contribution in [0.1, 0.15) is 16.1 Å². The van der Waals surface area contributed by atoms with Crippen LogP contribution in [0.3, 0.4) is 0 Å². The van der Waals surface area contributed by atoms with Gasteiger partial charge in [-0.1, -0.05) is 18.2 Å². The fourth-order valence-electron chi connectivity index (χ4n) is 3.41. The lowest BCUT2D eigenvalue weighted by atomic mass is 10.1. The number of nitrogens with one attached hydrogen (secondary N) is 1. The largest absolute Gasteiger partial charge is 0.490 e. The third kappa shape index (κ3) is 6.67. The Morgan fingerprint density at radius 1 is 1.21 bits per heavy atom. The van der Waals surface area contributed by atoms with E-state index in [-0.39, 0.29) is 5.91 Å². The second-order valence-electron chi connectivity index (χ2n) is 8.03. The first-order chi connectivity index (χ1) is 16.0. The summed E-state index contributed by atoms with van der Waals surface area (Å²) in [7, 11) is 3.56. The third-order valence-electron chi connectivity index (χ3n) is 5.16. The number of nitrogens with zero attached hydrogens (tertiary/aromatic N) is 3. The van der Waals surface area contributed by atoms with Crippen LogP contribution >= 0.6 is 11.3 Å². The number of alkyl halides is 3. The highest BCUT2D eigenvalue weighted by Gasteiger charge is 2.38. The van der Waals surface area contributed by atoms with Gasteiger partial charge in [-0.3, -0.25) is 9.48 Å². The molecule has 182 valence electrons. The highest BCUT2D eigenvalue weighted by atomic mass is 32.1. The molecular weight excluding hydrogens is 469 g/mol. The Labute approximate surface area is 198 Å². The molecule has 34 heavy (non-hydrogen) atoms. The van der Waals surface area contributed by atoms with Gasteiger partial charge in [0.25, 0.3) is 5.91 Å². The SMILES string of the molecule is CN(C)C(=O)c1ccc(-c2cccc(-c3ccn(CC4CCNC4)n3)c2)s1.O=C(O)C(F)(F)F. The number of benzene rings is 1. The molecule has 1 saturated heterocycles. The first-order valence-corrected chi connectivity index (χ1v) is 11.3. The Bertz CT molecular complexity index is 1130. The second-order valence-corrected chi connectivity index (χ2v) is 9.11. The Morgan fingerprint density at radius 2 is 1.91 bits per heavy atom. The molecule has 11 heteroatoms. The van der Waals surface area contributed by atoms with E-state index in [1.807, 2.05) is 12.1 Å². The smallest absolute Gasteiger partial charge is 0.475 e. The fraction of sp³-hybridized carbons (Fsp3) is 0.348. The van der Waals surface area contributed by atoms with E-state index in [0.717, 1.165) is 46.2 Å². The van der Waals surface area contributed by atoms with Crippen LogP contribution in [0.4, 0.5) is 13.2 Å². The number of aromatic nitrogens is 2. The molecule has 1 amide bonds. The number of carbonyl (C=O) groups excluding carboxylic acids is 1. The molecule has 0 saturated carbocycles. The van der Waals surface area contributed by atoms with E-state index in [2.05, 4.69) is 46.5 Å². The van der Waals surface area contributed by atoms with Crippen LogP contribution in [0.5, 0.6) is 0 Å². The molecule has 0 spiro atoms. The second kappa shape index (κ2) is 10.8. The quantitative estimate of drug-likeness (QED) is 0.555. The van der Waals surface area contributed by atoms with Crippen molar-refractivity contribution >= 4 is 23.2 Å². The molecule has 1 aromatic carbocycles. The summed E-state index contributed by atoms with van der Waals surface area (Å²) in [5.74, 6) is -2.04. The number of hydrogen-bond acceptors (Lipinski definition) is 5. The van der Waals surface area contributed by atoms with Gasteiger partial charge in [0, 0.05) is 37.3 Å². The van der Waals surface area contributed by atoms with Gasteiger partial charge in [0.05, 0.1) is 10.6 Å². The summed E-state index contributed by atoms with van der Waals surface area (Å²) in [5.41, 5.74) is 3.21. The van der Waals surface area contributed by atoms with E-state index in [9.17, 15) is 18.0 Å². The summed E-state index contributed by atoms with van der Waals surface area (Å²) >= 11 is 1.53. The molecule has 3 aromatic rings. The minimum absolute atomic E-state index is 0.0440. The summed E-state index contributed by atoms with van der Waals surface area (Å²) in [6.45, 7) is 3.16. The summed E-state index contributed by atoms with van der Waals surface area (Å²) in [4.78, 5) is 24.5. The Kier molecular flexibility index (Phi) is 8.11. The van der Waals surface area contributed by atoms with Crippen molar-refractivity contribution < 1.29 is 27.9 Å². The number of halogens is 3. The van der Waals surface area contributed by atoms with Crippen molar-refractivity contribution in [3.05, 3.63) is 53.5 Å². The Balaban J connectivity index is 0.000000406. The first kappa shape index (κ1) is 25.4. The fourth-order valence-corrected chi connectivity index (χ4v) is 4.44. The number of rotatable bonds is 5. The van der Waals surface area contributed by atoms with Crippen molar-refractivity contribution in [3.63, 3.8) is 0 Å². The van der Waals surface area contributed by atoms with Crippen molar-refractivity contribution in [2.75, 3.05) is 27.2 Å². The van der Waals surface area contributed by atoms with Crippen LogP contribution in [0, 0.1) is 5.92 Å². The van der Waals surface area contributed by atoms with Gasteiger partial charge in [-0.15, -0.1) is 11.3 Å². The van der Waals surface area contributed by atoms with Crippen molar-refractivity contribution in [1.82, 2.24) is 20.0 Å². The Hall–Kier alpha value is -3.18. The van der Waals surface area contributed by atoms with E-state index in [1.54, 1.807) is 19.0 Å². The third-order valence-corrected chi connectivity index (χ3v) is 6.28. The van der Waals surface area contributed by atoms with Gasteiger partial charge in [0.15, 0.2) is 0 Å². The Morgan fingerprint density at radius 3 is 2.53 bits per heavy atom. The zero-order chi connectivity index (χ0) is 24.9. The van der Waals surface area contributed by atoms with Gasteiger partial charge < -0.3 is 15.3 Å². The molecule has 1 aliphatic heterocycles. The minimum atomic E-state index is -5.08. The van der Waals surface area contributed by atoms with Crippen molar-refractivity contribution in [2.45, 2.75) is 19.1 Å². The van der Waals surface area contributed by atoms with Gasteiger partial charge in [-0.05, 0) is 55.3 Å². The summed E-state index contributed by atoms with van der Waals surface area (Å²) in [6, 6.07) is 14.4. The van der Waals surface area contributed by atoms with Crippen LogP contribution < -0.4 is 5.32 Å². The molecule has 1 unspecified atom stereocenters. The highest BCUT2D eigenvalue weighted by Crippen LogP contribution is 2.31. The van der Waals surface area contributed by atoms with Gasteiger partial charge in [-0.25, -0.2) is 4.79 Å². The predicted octanol–water partition coefficient (Wildman–Crippen LogP) is 4.22. The predicted molar refractivity (Wildman–Crippen MR) is 124 cm³/mol. The number of carboxylic acids is 1. The molecular formula is C23H25F3N4O3S. The number of amides is 1. The van der Waals surface area contributed by atoms with Crippen molar-refractivity contribution in [3.8, 4) is 21.7 Å². The van der Waals surface area contributed by atoms with E-state index in [4.69, 9.17) is 15.0 Å². The molecule has 1 atom stereocenters. The molecule has 2 N–H and O–H groups in total. The average molecular weight is 495 g/mol. The van der Waals surface area contributed by atoms with E-state index in [1.165, 1.54) is 17.8 Å². The summed E-state index contributed by atoms with van der Waals surface area (Å²) < 4.78 is 33.8. The standard InChI is InChI=1S/C21H24N4OS.C2HF3O2/c1-24(2)21(26)20-7-6-19(27-20)17-5-3-4-16(12-17)18-9-11-25(23-18)14-15-8-10-22-13-15;3-2(4,5)1(6)7/h3-7,9,11-12,15,22H,8,10,13-14H2,1-2H3;(H,6,7). The van der Waals surface area contributed by atoms with Crippen LogP contribution in [0.2, 0.25) is 0 Å². The summed E-state index contributed by atoms with van der Waals surface area (Å²) in [5, 5.41) is 15.3. The molecule has 7 nitrogen and oxygen atoms in total. The average Bonchev–Trinajstić information content (AvgIpc) is 3.55. The number of aliphatic carboxylic acids is 1. The van der Waals surface area contributed by atoms with E-state index >= 15 is 0 Å². The lowest BCUT2D eigenvalue weighted by Gasteiger charge is -2.08. The number of hydrogen-bond donors (Lipinski definition) is 2. The zero-order valence-corrected chi connectivity index (χ0v) is 19.5. The van der Waals surface area contributed by atoms with Crippen LogP contribution in [0.15, 0.2) is 48.7 Å². The normalized spacial score (nSPS) is 15.5. The van der Waals surface area contributed by atoms with Crippen LogP contribution in [-0.2, 0) is 11.3 Å². The highest BCUT2D eigenvalue weighted by molar-refractivity contribution is 7.17. The minimum Gasteiger partial charge on any atom is -0.475 e. The van der Waals surface area contributed by atoms with Gasteiger partial charge >= 0.3 is 12.1 Å². The molecule has 0 bridgehead atoms. The maximum Gasteiger partial charge on any atom is 0.490 e. The van der Waals surface area contributed by atoms with E-state index in [0.29, 0.717) is 5.92 Å². The molecule has 1 fully saturated rings.